The molecule has 0 bridgehead atoms. The van der Waals surface area contributed by atoms with Gasteiger partial charge in [-0.2, -0.15) is 15.4 Å². The lowest BCUT2D eigenvalue weighted by atomic mass is 10.1. The summed E-state index contributed by atoms with van der Waals surface area (Å²) in [4.78, 5) is 16.4. The molecule has 0 atom stereocenters. The molecule has 0 aliphatic carbocycles. The molecule has 126 valence electrons. The SMILES string of the molecule is O=C(c1cn[nH]n1)N1CCN(Cc2ccc3c(c2)OCCO3)CC1. The smallest absolute Gasteiger partial charge is 0.276 e. The van der Waals surface area contributed by atoms with Gasteiger partial charge in [0.25, 0.3) is 5.91 Å². The van der Waals surface area contributed by atoms with Crippen LogP contribution in [0, 0.1) is 0 Å². The minimum Gasteiger partial charge on any atom is -0.486 e. The van der Waals surface area contributed by atoms with E-state index in [0.29, 0.717) is 32.0 Å². The zero-order valence-electron chi connectivity index (χ0n) is 13.3. The highest BCUT2D eigenvalue weighted by molar-refractivity contribution is 5.91. The van der Waals surface area contributed by atoms with Gasteiger partial charge in [0.15, 0.2) is 17.2 Å². The Bertz CT molecular complexity index is 711. The number of amides is 1. The van der Waals surface area contributed by atoms with Crippen LogP contribution in [0.2, 0.25) is 0 Å². The Labute approximate surface area is 139 Å². The van der Waals surface area contributed by atoms with Crippen molar-refractivity contribution >= 4 is 5.91 Å². The van der Waals surface area contributed by atoms with Crippen molar-refractivity contribution in [1.29, 1.82) is 0 Å². The van der Waals surface area contributed by atoms with E-state index >= 15 is 0 Å². The van der Waals surface area contributed by atoms with Crippen LogP contribution in [-0.4, -0.2) is 70.5 Å². The number of hydrogen-bond donors (Lipinski definition) is 1. The number of ether oxygens (including phenoxy) is 2. The standard InChI is InChI=1S/C16H19N5O3/c22-16(13-10-17-19-18-13)21-5-3-20(4-6-21)11-12-1-2-14-15(9-12)24-8-7-23-14/h1-2,9-10H,3-8,11H2,(H,17,18,19). The van der Waals surface area contributed by atoms with Gasteiger partial charge < -0.3 is 14.4 Å². The fourth-order valence-corrected chi connectivity index (χ4v) is 3.02. The van der Waals surface area contributed by atoms with E-state index in [-0.39, 0.29) is 5.91 Å². The number of carbonyl (C=O) groups excluding carboxylic acids is 1. The second kappa shape index (κ2) is 6.48. The molecule has 2 aliphatic rings. The number of hydrogen-bond acceptors (Lipinski definition) is 6. The average Bonchev–Trinajstić information content (AvgIpc) is 3.16. The fraction of sp³-hybridized carbons (Fsp3) is 0.438. The molecule has 0 unspecified atom stereocenters. The van der Waals surface area contributed by atoms with Crippen LogP contribution in [0.3, 0.4) is 0 Å². The Morgan fingerprint density at radius 3 is 2.67 bits per heavy atom. The predicted octanol–water partition coefficient (Wildman–Crippen LogP) is 0.534. The van der Waals surface area contributed by atoms with Crippen molar-refractivity contribution in [2.24, 2.45) is 0 Å². The van der Waals surface area contributed by atoms with Crippen molar-refractivity contribution in [3.05, 3.63) is 35.7 Å². The summed E-state index contributed by atoms with van der Waals surface area (Å²) >= 11 is 0. The van der Waals surface area contributed by atoms with E-state index in [4.69, 9.17) is 9.47 Å². The van der Waals surface area contributed by atoms with Crippen molar-refractivity contribution in [2.45, 2.75) is 6.54 Å². The lowest BCUT2D eigenvalue weighted by Crippen LogP contribution is -2.48. The monoisotopic (exact) mass is 329 g/mol. The summed E-state index contributed by atoms with van der Waals surface area (Å²) in [6.07, 6.45) is 1.46. The van der Waals surface area contributed by atoms with Crippen LogP contribution in [0.5, 0.6) is 11.5 Å². The van der Waals surface area contributed by atoms with Crippen molar-refractivity contribution in [3.63, 3.8) is 0 Å². The third-order valence-electron chi connectivity index (χ3n) is 4.31. The van der Waals surface area contributed by atoms with Gasteiger partial charge in [-0.25, -0.2) is 0 Å². The van der Waals surface area contributed by atoms with E-state index < -0.39 is 0 Å². The molecule has 8 heteroatoms. The van der Waals surface area contributed by atoms with Crippen LogP contribution in [0.25, 0.3) is 0 Å². The van der Waals surface area contributed by atoms with Gasteiger partial charge in [0, 0.05) is 32.7 Å². The molecule has 4 rings (SSSR count). The van der Waals surface area contributed by atoms with Crippen LogP contribution >= 0.6 is 0 Å². The molecule has 3 heterocycles. The van der Waals surface area contributed by atoms with Gasteiger partial charge in [-0.15, -0.1) is 0 Å². The summed E-state index contributed by atoms with van der Waals surface area (Å²) in [6, 6.07) is 6.08. The second-order valence-corrected chi connectivity index (χ2v) is 5.90. The van der Waals surface area contributed by atoms with E-state index in [2.05, 4.69) is 26.4 Å². The van der Waals surface area contributed by atoms with Crippen LogP contribution < -0.4 is 9.47 Å². The van der Waals surface area contributed by atoms with Crippen molar-refractivity contribution in [2.75, 3.05) is 39.4 Å². The van der Waals surface area contributed by atoms with E-state index in [1.165, 1.54) is 11.8 Å². The summed E-state index contributed by atoms with van der Waals surface area (Å²) in [7, 11) is 0. The molecule has 2 aliphatic heterocycles. The number of benzene rings is 1. The van der Waals surface area contributed by atoms with Gasteiger partial charge in [-0.3, -0.25) is 9.69 Å². The fourth-order valence-electron chi connectivity index (χ4n) is 3.02. The molecular weight excluding hydrogens is 310 g/mol. The number of H-pyrrole nitrogens is 1. The Morgan fingerprint density at radius 2 is 1.92 bits per heavy atom. The van der Waals surface area contributed by atoms with E-state index in [0.717, 1.165) is 31.1 Å². The number of aromatic nitrogens is 3. The number of carbonyl (C=O) groups is 1. The zero-order chi connectivity index (χ0) is 16.4. The van der Waals surface area contributed by atoms with Gasteiger partial charge in [0.1, 0.15) is 13.2 Å². The molecule has 24 heavy (non-hydrogen) atoms. The maximum atomic E-state index is 12.2. The van der Waals surface area contributed by atoms with Crippen molar-refractivity contribution in [1.82, 2.24) is 25.2 Å². The number of piperazine rings is 1. The first kappa shape index (κ1) is 14.9. The highest BCUT2D eigenvalue weighted by atomic mass is 16.6. The Kier molecular flexibility index (Phi) is 4.04. The van der Waals surface area contributed by atoms with E-state index in [9.17, 15) is 4.79 Å². The lowest BCUT2D eigenvalue weighted by molar-refractivity contribution is 0.0622. The number of nitrogens with one attached hydrogen (secondary N) is 1. The Morgan fingerprint density at radius 1 is 1.12 bits per heavy atom. The third kappa shape index (κ3) is 3.05. The first-order valence-corrected chi connectivity index (χ1v) is 8.05. The molecule has 0 radical (unpaired) electrons. The molecule has 2 aromatic rings. The minimum atomic E-state index is -0.0669. The molecule has 8 nitrogen and oxygen atoms in total. The summed E-state index contributed by atoms with van der Waals surface area (Å²) in [5.74, 6) is 1.56. The third-order valence-corrected chi connectivity index (χ3v) is 4.31. The maximum absolute atomic E-state index is 12.2. The van der Waals surface area contributed by atoms with Crippen LogP contribution in [0.15, 0.2) is 24.4 Å². The quantitative estimate of drug-likeness (QED) is 0.885. The number of nitrogens with zero attached hydrogens (tertiary/aromatic N) is 4. The van der Waals surface area contributed by atoms with Crippen LogP contribution in [0.1, 0.15) is 16.1 Å². The van der Waals surface area contributed by atoms with Gasteiger partial charge in [-0.05, 0) is 17.7 Å². The molecule has 0 spiro atoms. The highest BCUT2D eigenvalue weighted by Gasteiger charge is 2.24. The van der Waals surface area contributed by atoms with Gasteiger partial charge in [-0.1, -0.05) is 6.07 Å². The Balaban J connectivity index is 1.34. The van der Waals surface area contributed by atoms with Crippen molar-refractivity contribution in [3.8, 4) is 11.5 Å². The first-order valence-electron chi connectivity index (χ1n) is 8.05. The maximum Gasteiger partial charge on any atom is 0.276 e. The molecule has 1 fully saturated rings. The first-order chi connectivity index (χ1) is 11.8. The normalized spacial score (nSPS) is 17.8. The average molecular weight is 329 g/mol. The molecular formula is C16H19N5O3. The summed E-state index contributed by atoms with van der Waals surface area (Å²) in [5.41, 5.74) is 1.56. The predicted molar refractivity (Wildman–Crippen MR) is 85.0 cm³/mol. The van der Waals surface area contributed by atoms with E-state index in [1.807, 2.05) is 17.0 Å². The molecule has 1 saturated heterocycles. The van der Waals surface area contributed by atoms with Crippen molar-refractivity contribution < 1.29 is 14.3 Å². The molecule has 0 saturated carbocycles. The Hall–Kier alpha value is -2.61. The number of fused-ring (bicyclic) bond motifs is 1. The van der Waals surface area contributed by atoms with Crippen LogP contribution in [0.4, 0.5) is 0 Å². The summed E-state index contributed by atoms with van der Waals surface area (Å²) in [6.45, 7) is 5.08. The minimum absolute atomic E-state index is 0.0669. The zero-order valence-corrected chi connectivity index (χ0v) is 13.3. The van der Waals surface area contributed by atoms with Gasteiger partial charge >= 0.3 is 0 Å². The molecule has 1 aromatic heterocycles. The highest BCUT2D eigenvalue weighted by Crippen LogP contribution is 2.31. The topological polar surface area (TPSA) is 83.6 Å². The largest absolute Gasteiger partial charge is 0.486 e. The summed E-state index contributed by atoms with van der Waals surface area (Å²) < 4.78 is 11.2. The van der Waals surface area contributed by atoms with E-state index in [1.54, 1.807) is 0 Å². The molecule has 1 amide bonds. The van der Waals surface area contributed by atoms with Gasteiger partial charge in [0.05, 0.1) is 6.20 Å². The molecule has 1 N–H and O–H groups in total. The number of rotatable bonds is 3. The molecule has 1 aromatic carbocycles. The second-order valence-electron chi connectivity index (χ2n) is 5.90. The van der Waals surface area contributed by atoms with Crippen LogP contribution in [-0.2, 0) is 6.54 Å². The lowest BCUT2D eigenvalue weighted by Gasteiger charge is -2.34. The summed E-state index contributed by atoms with van der Waals surface area (Å²) in [5, 5.41) is 10.0. The van der Waals surface area contributed by atoms with Gasteiger partial charge in [0.2, 0.25) is 0 Å². The number of aromatic amines is 1.